The molecule has 96 valence electrons. The zero-order valence-corrected chi connectivity index (χ0v) is 10.9. The first-order valence-corrected chi connectivity index (χ1v) is 7.06. The van der Waals surface area contributed by atoms with Gasteiger partial charge >= 0.3 is 0 Å². The van der Waals surface area contributed by atoms with Gasteiger partial charge in [0.05, 0.1) is 15.9 Å². The van der Waals surface area contributed by atoms with E-state index in [1.54, 1.807) is 0 Å². The number of rotatable bonds is 5. The highest BCUT2D eigenvalue weighted by Crippen LogP contribution is 1.85. The number of pyridine rings is 1. The molecule has 0 saturated heterocycles. The molecule has 4 nitrogen and oxygen atoms in total. The number of aromatic nitrogens is 1. The molecule has 0 bridgehead atoms. The van der Waals surface area contributed by atoms with E-state index >= 15 is 0 Å². The summed E-state index contributed by atoms with van der Waals surface area (Å²) in [6.07, 6.45) is 7.81. The number of hydrogen-bond donors (Lipinski definition) is 0. The van der Waals surface area contributed by atoms with Gasteiger partial charge in [0.2, 0.25) is 0 Å². The van der Waals surface area contributed by atoms with Crippen molar-refractivity contribution < 1.29 is 17.5 Å². The van der Waals surface area contributed by atoms with Crippen LogP contribution in [0.4, 0.5) is 0 Å². The lowest BCUT2D eigenvalue weighted by Crippen LogP contribution is -2.31. The molecule has 0 spiro atoms. The standard InChI is InChI=1S/C9H14N.C3H6O3S/c1-2-3-7-10-8-5-4-6-9-10;1-2-3-7(4,5)6/h4-6,8-9H,2-3,7H2,1H3;2H,1,3H2,(H,4,5,6)/q+1;/p-1. The molecule has 5 heteroatoms. The van der Waals surface area contributed by atoms with E-state index in [0.29, 0.717) is 0 Å². The topological polar surface area (TPSA) is 61.1 Å². The Labute approximate surface area is 103 Å². The Morgan fingerprint density at radius 1 is 1.29 bits per heavy atom. The van der Waals surface area contributed by atoms with Crippen LogP contribution in [0.5, 0.6) is 0 Å². The molecule has 0 aliphatic carbocycles. The van der Waals surface area contributed by atoms with Crippen molar-refractivity contribution in [1.29, 1.82) is 0 Å². The molecule has 1 aromatic rings. The highest BCUT2D eigenvalue weighted by Gasteiger charge is 1.93. The molecule has 0 N–H and O–H groups in total. The van der Waals surface area contributed by atoms with Crippen LogP contribution in [0.15, 0.2) is 43.2 Å². The van der Waals surface area contributed by atoms with Crippen LogP contribution < -0.4 is 4.57 Å². The first-order valence-electron chi connectivity index (χ1n) is 5.48. The maximum absolute atomic E-state index is 9.60. The first-order chi connectivity index (χ1) is 7.99. The smallest absolute Gasteiger partial charge is 0.168 e. The van der Waals surface area contributed by atoms with Crippen LogP contribution in [-0.4, -0.2) is 18.7 Å². The molecule has 0 radical (unpaired) electrons. The van der Waals surface area contributed by atoms with Gasteiger partial charge in [0.15, 0.2) is 12.4 Å². The largest absolute Gasteiger partial charge is 0.748 e. The van der Waals surface area contributed by atoms with Gasteiger partial charge in [-0.25, -0.2) is 13.0 Å². The molecule has 0 fully saturated rings. The van der Waals surface area contributed by atoms with Crippen molar-refractivity contribution in [2.75, 3.05) is 5.75 Å². The van der Waals surface area contributed by atoms with E-state index in [0.717, 1.165) is 12.6 Å². The number of nitrogens with zero attached hydrogens (tertiary/aromatic N) is 1. The van der Waals surface area contributed by atoms with Crippen LogP contribution in [0.25, 0.3) is 0 Å². The summed E-state index contributed by atoms with van der Waals surface area (Å²) in [6.45, 7) is 6.43. The quantitative estimate of drug-likeness (QED) is 0.456. The van der Waals surface area contributed by atoms with Crippen molar-refractivity contribution in [3.63, 3.8) is 0 Å². The second-order valence-electron chi connectivity index (χ2n) is 3.48. The third-order valence-electron chi connectivity index (χ3n) is 1.87. The summed E-state index contributed by atoms with van der Waals surface area (Å²) < 4.78 is 31.0. The van der Waals surface area contributed by atoms with Crippen LogP contribution in [0.2, 0.25) is 0 Å². The molecule has 1 heterocycles. The minimum Gasteiger partial charge on any atom is -0.748 e. The fraction of sp³-hybridized carbons (Fsp3) is 0.417. The monoisotopic (exact) mass is 257 g/mol. The van der Waals surface area contributed by atoms with E-state index in [-0.39, 0.29) is 0 Å². The SMILES string of the molecule is C=CCS(=O)(=O)[O-].CCCC[n+]1ccccc1. The molecule has 0 aromatic carbocycles. The number of aryl methyl sites for hydroxylation is 1. The fourth-order valence-corrected chi connectivity index (χ4v) is 1.36. The summed E-state index contributed by atoms with van der Waals surface area (Å²) in [7, 11) is -4.04. The average Bonchev–Trinajstić information content (AvgIpc) is 2.27. The van der Waals surface area contributed by atoms with Crippen molar-refractivity contribution >= 4 is 10.1 Å². The second kappa shape index (κ2) is 8.90. The third-order valence-corrected chi connectivity index (χ3v) is 2.51. The van der Waals surface area contributed by atoms with Crippen LogP contribution >= 0.6 is 0 Å². The summed E-state index contributed by atoms with van der Waals surface area (Å²) >= 11 is 0. The van der Waals surface area contributed by atoms with E-state index in [9.17, 15) is 13.0 Å². The van der Waals surface area contributed by atoms with E-state index in [2.05, 4.69) is 42.6 Å². The van der Waals surface area contributed by atoms with Crippen molar-refractivity contribution in [2.24, 2.45) is 0 Å². The average molecular weight is 257 g/mol. The van der Waals surface area contributed by atoms with Crippen LogP contribution in [0, 0.1) is 0 Å². The van der Waals surface area contributed by atoms with E-state index < -0.39 is 15.9 Å². The Balaban J connectivity index is 0.000000325. The molecule has 0 aliphatic rings. The van der Waals surface area contributed by atoms with Gasteiger partial charge in [-0.3, -0.25) is 0 Å². The van der Waals surface area contributed by atoms with Gasteiger partial charge in [0, 0.05) is 18.6 Å². The summed E-state index contributed by atoms with van der Waals surface area (Å²) in [6, 6.07) is 6.17. The normalized spacial score (nSPS) is 10.2. The van der Waals surface area contributed by atoms with Crippen molar-refractivity contribution in [1.82, 2.24) is 0 Å². The summed E-state index contributed by atoms with van der Waals surface area (Å²) in [4.78, 5) is 0. The van der Waals surface area contributed by atoms with Gasteiger partial charge in [-0.15, -0.1) is 6.58 Å². The Bertz CT molecular complexity index is 401. The van der Waals surface area contributed by atoms with Crippen molar-refractivity contribution in [2.45, 2.75) is 26.3 Å². The molecule has 0 aliphatic heterocycles. The number of unbranched alkanes of at least 4 members (excludes halogenated alkanes) is 1. The Morgan fingerprint density at radius 2 is 1.88 bits per heavy atom. The van der Waals surface area contributed by atoms with E-state index in [1.807, 2.05) is 6.07 Å². The second-order valence-corrected chi connectivity index (χ2v) is 4.93. The minimum absolute atomic E-state index is 0.479. The predicted molar refractivity (Wildman–Crippen MR) is 66.3 cm³/mol. The lowest BCUT2D eigenvalue weighted by atomic mass is 10.3. The Kier molecular flexibility index (Phi) is 8.27. The summed E-state index contributed by atoms with van der Waals surface area (Å²) in [5, 5.41) is 0. The molecular weight excluding hydrogens is 238 g/mol. The molecule has 1 aromatic heterocycles. The minimum atomic E-state index is -4.04. The van der Waals surface area contributed by atoms with Crippen LogP contribution in [0.3, 0.4) is 0 Å². The Morgan fingerprint density at radius 3 is 2.24 bits per heavy atom. The third kappa shape index (κ3) is 11.1. The lowest BCUT2D eigenvalue weighted by Gasteiger charge is -1.98. The van der Waals surface area contributed by atoms with Crippen LogP contribution in [0.1, 0.15) is 19.8 Å². The van der Waals surface area contributed by atoms with Crippen LogP contribution in [-0.2, 0) is 16.7 Å². The molecule has 0 unspecified atom stereocenters. The molecule has 17 heavy (non-hydrogen) atoms. The van der Waals surface area contributed by atoms with Gasteiger partial charge in [-0.1, -0.05) is 25.5 Å². The maximum Gasteiger partial charge on any atom is 0.168 e. The van der Waals surface area contributed by atoms with Gasteiger partial charge < -0.3 is 4.55 Å². The molecular formula is C12H19NO3S. The van der Waals surface area contributed by atoms with E-state index in [1.165, 1.54) is 12.8 Å². The summed E-state index contributed by atoms with van der Waals surface area (Å²) in [5.74, 6) is -0.479. The van der Waals surface area contributed by atoms with E-state index in [4.69, 9.17) is 0 Å². The van der Waals surface area contributed by atoms with Crippen molar-refractivity contribution in [3.05, 3.63) is 43.2 Å². The molecule has 0 saturated carbocycles. The maximum atomic E-state index is 9.60. The first kappa shape index (κ1) is 15.8. The van der Waals surface area contributed by atoms with Crippen molar-refractivity contribution in [3.8, 4) is 0 Å². The molecule has 1 rings (SSSR count). The fourth-order valence-electron chi connectivity index (χ4n) is 1.07. The van der Waals surface area contributed by atoms with Gasteiger partial charge in [0.25, 0.3) is 0 Å². The number of hydrogen-bond acceptors (Lipinski definition) is 3. The predicted octanol–water partition coefficient (Wildman–Crippen LogP) is 1.49. The zero-order valence-electron chi connectivity index (χ0n) is 10.1. The molecule has 0 amide bonds. The highest BCUT2D eigenvalue weighted by atomic mass is 32.2. The lowest BCUT2D eigenvalue weighted by molar-refractivity contribution is -0.697. The van der Waals surface area contributed by atoms with Gasteiger partial charge in [-0.05, 0) is 0 Å². The van der Waals surface area contributed by atoms with Gasteiger partial charge in [-0.2, -0.15) is 0 Å². The molecule has 0 atom stereocenters. The Hall–Kier alpha value is -1.20. The zero-order chi connectivity index (χ0) is 13.1. The summed E-state index contributed by atoms with van der Waals surface area (Å²) in [5.41, 5.74) is 0. The highest BCUT2D eigenvalue weighted by molar-refractivity contribution is 7.85. The van der Waals surface area contributed by atoms with Gasteiger partial charge in [0.1, 0.15) is 6.54 Å².